The van der Waals surface area contributed by atoms with Gasteiger partial charge in [0.1, 0.15) is 0 Å². The molecular formula is C11H20N2O5. The molecule has 2 unspecified atom stereocenters. The molecule has 4 N–H and O–H groups in total. The lowest BCUT2D eigenvalue weighted by molar-refractivity contribution is -0.146. The largest absolute Gasteiger partial charge is 0.479 e. The molecule has 2 amide bonds. The van der Waals surface area contributed by atoms with Gasteiger partial charge in [-0.05, 0) is 13.3 Å². The van der Waals surface area contributed by atoms with Crippen molar-refractivity contribution < 1.29 is 24.9 Å². The summed E-state index contributed by atoms with van der Waals surface area (Å²) in [7, 11) is 0. The second-order valence-electron chi connectivity index (χ2n) is 4.61. The minimum Gasteiger partial charge on any atom is -0.479 e. The van der Waals surface area contributed by atoms with Gasteiger partial charge >= 0.3 is 12.0 Å². The van der Waals surface area contributed by atoms with Crippen LogP contribution in [-0.4, -0.2) is 64.1 Å². The molecule has 0 aromatic carbocycles. The molecule has 0 aliphatic carbocycles. The van der Waals surface area contributed by atoms with E-state index in [1.807, 2.05) is 0 Å². The lowest BCUT2D eigenvalue weighted by atomic mass is 10.0. The molecule has 0 bridgehead atoms. The van der Waals surface area contributed by atoms with E-state index in [4.69, 9.17) is 10.2 Å². The number of amides is 2. The summed E-state index contributed by atoms with van der Waals surface area (Å²) in [6.45, 7) is 2.91. The highest BCUT2D eigenvalue weighted by atomic mass is 16.4. The number of urea groups is 1. The Kier molecular flexibility index (Phi) is 5.36. The number of nitrogens with one attached hydrogen (secondary N) is 1. The molecule has 18 heavy (non-hydrogen) atoms. The fourth-order valence-electron chi connectivity index (χ4n) is 1.92. The van der Waals surface area contributed by atoms with Gasteiger partial charge in [-0.25, -0.2) is 9.59 Å². The Morgan fingerprint density at radius 3 is 2.61 bits per heavy atom. The van der Waals surface area contributed by atoms with Crippen molar-refractivity contribution in [3.63, 3.8) is 0 Å². The number of nitrogens with zero attached hydrogens (tertiary/aromatic N) is 1. The Hall–Kier alpha value is -1.34. The Morgan fingerprint density at radius 2 is 2.11 bits per heavy atom. The van der Waals surface area contributed by atoms with Crippen LogP contribution in [0.15, 0.2) is 0 Å². The molecule has 1 saturated heterocycles. The first kappa shape index (κ1) is 14.7. The number of carboxylic acid groups (broad SMARTS) is 1. The summed E-state index contributed by atoms with van der Waals surface area (Å²) in [5.74, 6) is -1.19. The third kappa shape index (κ3) is 4.15. The lowest BCUT2D eigenvalue weighted by Gasteiger charge is -2.18. The highest BCUT2D eigenvalue weighted by Gasteiger charge is 2.28. The van der Waals surface area contributed by atoms with Crippen molar-refractivity contribution in [2.75, 3.05) is 19.6 Å². The second-order valence-corrected chi connectivity index (χ2v) is 4.61. The topological polar surface area (TPSA) is 110 Å². The number of hydrogen-bond donors (Lipinski definition) is 4. The number of carboxylic acids is 1. The first-order valence-electron chi connectivity index (χ1n) is 6.03. The van der Waals surface area contributed by atoms with Gasteiger partial charge in [-0.15, -0.1) is 0 Å². The standard InChI is InChI=1S/C11H20N2O5/c1-7(14)8-3-5-13(6-8)11(18)12-4-2-9(15)10(16)17/h7-9,14-15H,2-6H2,1H3,(H,12,18)(H,16,17)/t7?,8?,9-/m0/s1. The van der Waals surface area contributed by atoms with E-state index in [-0.39, 0.29) is 24.9 Å². The number of carbonyl (C=O) groups is 2. The summed E-state index contributed by atoms with van der Waals surface area (Å²) in [5.41, 5.74) is 0. The van der Waals surface area contributed by atoms with Crippen LogP contribution in [-0.2, 0) is 4.79 Å². The summed E-state index contributed by atoms with van der Waals surface area (Å²) in [6, 6.07) is -0.282. The van der Waals surface area contributed by atoms with Crippen LogP contribution in [0.25, 0.3) is 0 Å². The Morgan fingerprint density at radius 1 is 1.44 bits per heavy atom. The molecule has 7 heteroatoms. The van der Waals surface area contributed by atoms with Crippen molar-refractivity contribution in [2.24, 2.45) is 5.92 Å². The van der Waals surface area contributed by atoms with Crippen LogP contribution in [0.3, 0.4) is 0 Å². The highest BCUT2D eigenvalue weighted by Crippen LogP contribution is 2.19. The first-order chi connectivity index (χ1) is 8.41. The van der Waals surface area contributed by atoms with Gasteiger partial charge < -0.3 is 25.5 Å². The monoisotopic (exact) mass is 260 g/mol. The molecule has 0 aromatic rings. The fraction of sp³-hybridized carbons (Fsp3) is 0.818. The number of likely N-dealkylation sites (tertiary alicyclic amines) is 1. The molecule has 0 aromatic heterocycles. The average Bonchev–Trinajstić information content (AvgIpc) is 2.77. The smallest absolute Gasteiger partial charge is 0.332 e. The van der Waals surface area contributed by atoms with Crippen LogP contribution in [0.1, 0.15) is 19.8 Å². The van der Waals surface area contributed by atoms with Crippen molar-refractivity contribution in [3.8, 4) is 0 Å². The second kappa shape index (κ2) is 6.55. The summed E-state index contributed by atoms with van der Waals surface area (Å²) < 4.78 is 0. The molecule has 1 aliphatic rings. The molecule has 0 saturated carbocycles. The van der Waals surface area contributed by atoms with Crippen molar-refractivity contribution in [2.45, 2.75) is 32.0 Å². The molecule has 1 fully saturated rings. The van der Waals surface area contributed by atoms with Crippen molar-refractivity contribution in [1.82, 2.24) is 10.2 Å². The maximum atomic E-state index is 11.7. The number of hydrogen-bond acceptors (Lipinski definition) is 4. The van der Waals surface area contributed by atoms with Gasteiger partial charge in [-0.2, -0.15) is 0 Å². The maximum absolute atomic E-state index is 11.7. The highest BCUT2D eigenvalue weighted by molar-refractivity contribution is 5.75. The van der Waals surface area contributed by atoms with Crippen molar-refractivity contribution in [1.29, 1.82) is 0 Å². The van der Waals surface area contributed by atoms with E-state index in [1.54, 1.807) is 11.8 Å². The number of carbonyl (C=O) groups excluding carboxylic acids is 1. The van der Waals surface area contributed by atoms with Gasteiger partial charge in [0, 0.05) is 32.0 Å². The van der Waals surface area contributed by atoms with Crippen LogP contribution < -0.4 is 5.32 Å². The normalized spacial score (nSPS) is 22.6. The zero-order chi connectivity index (χ0) is 13.7. The molecule has 3 atom stereocenters. The molecule has 7 nitrogen and oxygen atoms in total. The van der Waals surface area contributed by atoms with Gasteiger partial charge in [-0.1, -0.05) is 0 Å². The van der Waals surface area contributed by atoms with Gasteiger partial charge in [0.15, 0.2) is 6.10 Å². The minimum absolute atomic E-state index is 0.0191. The number of rotatable bonds is 5. The van der Waals surface area contributed by atoms with Crippen molar-refractivity contribution in [3.05, 3.63) is 0 Å². The summed E-state index contributed by atoms with van der Waals surface area (Å²) in [6.07, 6.45) is -1.14. The van der Waals surface area contributed by atoms with E-state index in [0.717, 1.165) is 6.42 Å². The van der Waals surface area contributed by atoms with E-state index in [2.05, 4.69) is 5.32 Å². The molecule has 1 rings (SSSR count). The van der Waals surface area contributed by atoms with Gasteiger partial charge in [0.05, 0.1) is 6.10 Å². The zero-order valence-electron chi connectivity index (χ0n) is 10.4. The maximum Gasteiger partial charge on any atom is 0.332 e. The minimum atomic E-state index is -1.45. The molecular weight excluding hydrogens is 240 g/mol. The van der Waals surface area contributed by atoms with Gasteiger partial charge in [0.2, 0.25) is 0 Å². The first-order valence-corrected chi connectivity index (χ1v) is 6.03. The predicted molar refractivity (Wildman–Crippen MR) is 63.0 cm³/mol. The molecule has 0 spiro atoms. The van der Waals surface area contributed by atoms with Crippen molar-refractivity contribution >= 4 is 12.0 Å². The number of aliphatic hydroxyl groups is 2. The quantitative estimate of drug-likeness (QED) is 0.519. The predicted octanol–water partition coefficient (Wildman–Crippen LogP) is -0.766. The van der Waals surface area contributed by atoms with E-state index >= 15 is 0 Å². The van der Waals surface area contributed by atoms with Gasteiger partial charge in [-0.3, -0.25) is 0 Å². The van der Waals surface area contributed by atoms with Crippen LogP contribution in [0.4, 0.5) is 4.79 Å². The van der Waals surface area contributed by atoms with Crippen LogP contribution in [0, 0.1) is 5.92 Å². The number of aliphatic hydroxyl groups excluding tert-OH is 2. The Balaban J connectivity index is 2.24. The van der Waals surface area contributed by atoms with E-state index < -0.39 is 18.2 Å². The van der Waals surface area contributed by atoms with Gasteiger partial charge in [0.25, 0.3) is 0 Å². The number of aliphatic carboxylic acids is 1. The van der Waals surface area contributed by atoms with Crippen LogP contribution >= 0.6 is 0 Å². The summed E-state index contributed by atoms with van der Waals surface area (Å²) >= 11 is 0. The molecule has 104 valence electrons. The lowest BCUT2D eigenvalue weighted by Crippen LogP contribution is -2.40. The molecule has 1 heterocycles. The summed E-state index contributed by atoms with van der Waals surface area (Å²) in [4.78, 5) is 23.6. The molecule has 1 aliphatic heterocycles. The van der Waals surface area contributed by atoms with Crippen LogP contribution in [0.5, 0.6) is 0 Å². The van der Waals surface area contributed by atoms with Crippen LogP contribution in [0.2, 0.25) is 0 Å². The van der Waals surface area contributed by atoms with E-state index in [9.17, 15) is 14.7 Å². The van der Waals surface area contributed by atoms with E-state index in [1.165, 1.54) is 0 Å². The SMILES string of the molecule is CC(O)C1CCN(C(=O)NCC[C@H](O)C(=O)O)C1. The summed E-state index contributed by atoms with van der Waals surface area (Å²) in [5, 5.41) is 29.4. The third-order valence-corrected chi connectivity index (χ3v) is 3.17. The fourth-order valence-corrected chi connectivity index (χ4v) is 1.92. The Bertz CT molecular complexity index is 308. The third-order valence-electron chi connectivity index (χ3n) is 3.17. The molecule has 0 radical (unpaired) electrons. The Labute approximate surface area is 105 Å². The zero-order valence-corrected chi connectivity index (χ0v) is 10.4. The average molecular weight is 260 g/mol. The van der Waals surface area contributed by atoms with E-state index in [0.29, 0.717) is 13.1 Å².